The molecule has 0 radical (unpaired) electrons. The van der Waals surface area contributed by atoms with Crippen LogP contribution in [0.4, 0.5) is 17.3 Å². The van der Waals surface area contributed by atoms with Gasteiger partial charge in [-0.3, -0.25) is 4.79 Å². The number of thiophene rings is 1. The first-order valence-corrected chi connectivity index (χ1v) is 11.6. The van der Waals surface area contributed by atoms with E-state index in [-0.39, 0.29) is 11.8 Å². The number of piperidine rings is 1. The summed E-state index contributed by atoms with van der Waals surface area (Å²) < 4.78 is 0. The molecule has 0 spiro atoms. The fraction of sp³-hybridized carbons (Fsp3) is 0.409. The van der Waals surface area contributed by atoms with E-state index in [0.717, 1.165) is 49.1 Å². The van der Waals surface area contributed by atoms with Crippen molar-refractivity contribution >= 4 is 51.0 Å². The molecule has 32 heavy (non-hydrogen) atoms. The molecule has 5 heterocycles. The standard InChI is InChI=1S/C22H26N8OS/c1-29-5-2-13(3-6-29)22(31)30-7-4-16-17(11-30)32-21-18(16)20(26-12-27-21)28-15-8-14(9-23)19(24)25-10-15/h8-10,12-13,23H,2-7,11H2,1H3,(H2,24,25)(H,26,27,28). The van der Waals surface area contributed by atoms with Gasteiger partial charge in [-0.05, 0) is 51.0 Å². The van der Waals surface area contributed by atoms with Gasteiger partial charge in [0.15, 0.2) is 0 Å². The highest BCUT2D eigenvalue weighted by molar-refractivity contribution is 7.19. The van der Waals surface area contributed by atoms with Crippen LogP contribution in [0.15, 0.2) is 18.6 Å². The summed E-state index contributed by atoms with van der Waals surface area (Å²) in [5.41, 5.74) is 8.29. The third-order valence-electron chi connectivity index (χ3n) is 6.38. The molecule has 0 aromatic carbocycles. The zero-order valence-electron chi connectivity index (χ0n) is 18.0. The second-order valence-electron chi connectivity index (χ2n) is 8.46. The molecule has 4 N–H and O–H groups in total. The molecule has 0 unspecified atom stereocenters. The minimum atomic E-state index is 0.139. The lowest BCUT2D eigenvalue weighted by Gasteiger charge is -2.34. The Morgan fingerprint density at radius 1 is 1.28 bits per heavy atom. The number of amides is 1. The molecule has 3 aromatic heterocycles. The number of likely N-dealkylation sites (tertiary alicyclic amines) is 1. The van der Waals surface area contributed by atoms with E-state index < -0.39 is 0 Å². The Labute approximate surface area is 190 Å². The number of rotatable bonds is 4. The molecule has 2 aliphatic heterocycles. The Bertz CT molecular complexity index is 1180. The predicted molar refractivity (Wildman–Crippen MR) is 127 cm³/mol. The highest BCUT2D eigenvalue weighted by Gasteiger charge is 2.31. The first-order valence-electron chi connectivity index (χ1n) is 10.8. The van der Waals surface area contributed by atoms with Crippen molar-refractivity contribution in [2.24, 2.45) is 5.92 Å². The molecule has 0 saturated carbocycles. The number of hydrogen-bond donors (Lipinski definition) is 3. The molecule has 9 nitrogen and oxygen atoms in total. The number of carbonyl (C=O) groups is 1. The van der Waals surface area contributed by atoms with Crippen molar-refractivity contribution in [3.63, 3.8) is 0 Å². The summed E-state index contributed by atoms with van der Waals surface area (Å²) in [6.07, 6.45) is 7.05. The summed E-state index contributed by atoms with van der Waals surface area (Å²) in [4.78, 5) is 32.7. The Hall–Kier alpha value is -3.11. The van der Waals surface area contributed by atoms with Crippen LogP contribution in [0.2, 0.25) is 0 Å². The minimum absolute atomic E-state index is 0.139. The zero-order chi connectivity index (χ0) is 22.2. The third-order valence-corrected chi connectivity index (χ3v) is 7.51. The number of nitrogens with one attached hydrogen (secondary N) is 2. The molecule has 3 aromatic rings. The average molecular weight is 451 g/mol. The van der Waals surface area contributed by atoms with Crippen molar-refractivity contribution in [1.82, 2.24) is 24.8 Å². The average Bonchev–Trinajstić information content (AvgIpc) is 3.19. The van der Waals surface area contributed by atoms with Gasteiger partial charge in [-0.25, -0.2) is 15.0 Å². The third kappa shape index (κ3) is 3.80. The summed E-state index contributed by atoms with van der Waals surface area (Å²) >= 11 is 1.64. The van der Waals surface area contributed by atoms with Crippen molar-refractivity contribution in [3.8, 4) is 0 Å². The van der Waals surface area contributed by atoms with E-state index in [4.69, 9.17) is 11.1 Å². The van der Waals surface area contributed by atoms with Gasteiger partial charge in [-0.2, -0.15) is 0 Å². The van der Waals surface area contributed by atoms with Crippen LogP contribution >= 0.6 is 11.3 Å². The van der Waals surface area contributed by atoms with Crippen LogP contribution in [0.1, 0.15) is 28.8 Å². The normalized spacial score (nSPS) is 17.3. The maximum atomic E-state index is 13.1. The number of anilines is 3. The Kier molecular flexibility index (Phi) is 5.48. The molecular weight excluding hydrogens is 424 g/mol. The van der Waals surface area contributed by atoms with E-state index in [9.17, 15) is 4.79 Å². The summed E-state index contributed by atoms with van der Waals surface area (Å²) in [5, 5.41) is 11.8. The van der Waals surface area contributed by atoms with E-state index in [1.807, 2.05) is 4.90 Å². The molecule has 1 amide bonds. The number of nitrogens with two attached hydrogens (primary N) is 1. The largest absolute Gasteiger partial charge is 0.383 e. The van der Waals surface area contributed by atoms with Crippen molar-refractivity contribution in [1.29, 1.82) is 5.41 Å². The molecule has 166 valence electrons. The first kappa shape index (κ1) is 20.8. The Morgan fingerprint density at radius 2 is 2.09 bits per heavy atom. The molecule has 1 saturated heterocycles. The first-order chi connectivity index (χ1) is 15.5. The van der Waals surface area contributed by atoms with Crippen LogP contribution in [-0.2, 0) is 17.8 Å². The van der Waals surface area contributed by atoms with Gasteiger partial charge in [0, 0.05) is 29.1 Å². The van der Waals surface area contributed by atoms with Gasteiger partial charge in [-0.15, -0.1) is 11.3 Å². The summed E-state index contributed by atoms with van der Waals surface area (Å²) in [7, 11) is 2.12. The lowest BCUT2D eigenvalue weighted by atomic mass is 9.94. The maximum Gasteiger partial charge on any atom is 0.226 e. The molecule has 0 atom stereocenters. The van der Waals surface area contributed by atoms with E-state index in [1.165, 1.54) is 16.7 Å². The zero-order valence-corrected chi connectivity index (χ0v) is 18.8. The minimum Gasteiger partial charge on any atom is -0.383 e. The van der Waals surface area contributed by atoms with Crippen LogP contribution in [-0.4, -0.2) is 63.6 Å². The Morgan fingerprint density at radius 3 is 2.88 bits per heavy atom. The van der Waals surface area contributed by atoms with E-state index >= 15 is 0 Å². The second kappa shape index (κ2) is 8.44. The van der Waals surface area contributed by atoms with Crippen molar-refractivity contribution in [3.05, 3.63) is 34.6 Å². The highest BCUT2D eigenvalue weighted by Crippen LogP contribution is 2.38. The SMILES string of the molecule is CN1CCC(C(=O)N2CCc3c(sc4ncnc(Nc5cnc(N)c(C=N)c5)c34)C2)CC1. The molecule has 5 rings (SSSR count). The number of nitrogen functional groups attached to an aromatic ring is 1. The number of hydrogen-bond acceptors (Lipinski definition) is 9. The molecule has 0 aliphatic carbocycles. The topological polar surface area (TPSA) is 124 Å². The predicted octanol–water partition coefficient (Wildman–Crippen LogP) is 2.64. The van der Waals surface area contributed by atoms with Crippen molar-refractivity contribution in [2.45, 2.75) is 25.8 Å². The molecule has 0 bridgehead atoms. The van der Waals surface area contributed by atoms with E-state index in [2.05, 4.69) is 32.2 Å². The molecule has 10 heteroatoms. The number of nitrogens with zero attached hydrogens (tertiary/aromatic N) is 5. The maximum absolute atomic E-state index is 13.1. The van der Waals surface area contributed by atoms with Gasteiger partial charge in [-0.1, -0.05) is 0 Å². The Balaban J connectivity index is 1.40. The van der Waals surface area contributed by atoms with Crippen LogP contribution in [0.5, 0.6) is 0 Å². The lowest BCUT2D eigenvalue weighted by Crippen LogP contribution is -2.43. The summed E-state index contributed by atoms with van der Waals surface area (Å²) in [6, 6.07) is 1.78. The quantitative estimate of drug-likeness (QED) is 0.522. The molecule has 1 fully saturated rings. The number of aromatic nitrogens is 3. The fourth-order valence-electron chi connectivity index (χ4n) is 4.54. The van der Waals surface area contributed by atoms with E-state index in [1.54, 1.807) is 29.9 Å². The van der Waals surface area contributed by atoms with Crippen molar-refractivity contribution in [2.75, 3.05) is 37.7 Å². The van der Waals surface area contributed by atoms with Gasteiger partial charge in [0.1, 0.15) is 22.8 Å². The number of fused-ring (bicyclic) bond motifs is 3. The fourth-order valence-corrected chi connectivity index (χ4v) is 5.74. The monoisotopic (exact) mass is 450 g/mol. The van der Waals surface area contributed by atoms with E-state index in [0.29, 0.717) is 29.4 Å². The summed E-state index contributed by atoms with van der Waals surface area (Å²) in [6.45, 7) is 3.34. The molecular formula is C22H26N8OS. The smallest absolute Gasteiger partial charge is 0.226 e. The van der Waals surface area contributed by atoms with Gasteiger partial charge in [0.05, 0.1) is 23.8 Å². The van der Waals surface area contributed by atoms with Crippen LogP contribution in [0, 0.1) is 11.3 Å². The molecule has 2 aliphatic rings. The summed E-state index contributed by atoms with van der Waals surface area (Å²) in [5.74, 6) is 1.46. The number of pyridine rings is 1. The van der Waals surface area contributed by atoms with Crippen LogP contribution < -0.4 is 11.1 Å². The lowest BCUT2D eigenvalue weighted by molar-refractivity contribution is -0.137. The van der Waals surface area contributed by atoms with Crippen LogP contribution in [0.25, 0.3) is 10.2 Å². The van der Waals surface area contributed by atoms with Gasteiger partial charge < -0.3 is 26.3 Å². The van der Waals surface area contributed by atoms with Gasteiger partial charge in [0.2, 0.25) is 5.91 Å². The van der Waals surface area contributed by atoms with Crippen LogP contribution in [0.3, 0.4) is 0 Å². The number of carbonyl (C=O) groups excluding carboxylic acids is 1. The highest BCUT2D eigenvalue weighted by atomic mass is 32.1. The van der Waals surface area contributed by atoms with Gasteiger partial charge >= 0.3 is 0 Å². The van der Waals surface area contributed by atoms with Crippen molar-refractivity contribution < 1.29 is 4.79 Å². The second-order valence-corrected chi connectivity index (χ2v) is 9.54. The van der Waals surface area contributed by atoms with Gasteiger partial charge in [0.25, 0.3) is 0 Å².